The van der Waals surface area contributed by atoms with E-state index in [0.717, 1.165) is 17.7 Å². The van der Waals surface area contributed by atoms with Crippen LogP contribution in [0, 0.1) is 5.92 Å². The number of pyridine rings is 1. The molecule has 1 fully saturated rings. The lowest BCUT2D eigenvalue weighted by molar-refractivity contribution is -0.136. The van der Waals surface area contributed by atoms with Crippen molar-refractivity contribution in [2.24, 2.45) is 5.92 Å². The van der Waals surface area contributed by atoms with E-state index in [4.69, 9.17) is 4.74 Å². The number of nitrogens with zero attached hydrogens (tertiary/aromatic N) is 3. The van der Waals surface area contributed by atoms with Gasteiger partial charge in [-0.25, -0.2) is 8.42 Å². The fourth-order valence-corrected chi connectivity index (χ4v) is 5.62. The van der Waals surface area contributed by atoms with Crippen molar-refractivity contribution in [1.82, 2.24) is 14.2 Å². The third-order valence-corrected chi connectivity index (χ3v) is 7.94. The number of methoxy groups -OCH3 is 1. The van der Waals surface area contributed by atoms with Gasteiger partial charge in [-0.15, -0.1) is 0 Å². The number of hydrogen-bond donors (Lipinski definition) is 0. The molecule has 0 N–H and O–H groups in total. The highest BCUT2D eigenvalue weighted by Gasteiger charge is 2.34. The minimum absolute atomic E-state index is 0.128. The first-order valence-electron chi connectivity index (χ1n) is 10.5. The Morgan fingerprint density at radius 2 is 1.84 bits per heavy atom. The molecule has 0 radical (unpaired) electrons. The summed E-state index contributed by atoms with van der Waals surface area (Å²) < 4.78 is 32.2. The van der Waals surface area contributed by atoms with Crippen LogP contribution in [0.3, 0.4) is 0 Å². The molecule has 0 atom stereocenters. The molecule has 1 saturated heterocycles. The van der Waals surface area contributed by atoms with Crippen LogP contribution in [0.5, 0.6) is 5.75 Å². The highest BCUT2D eigenvalue weighted by atomic mass is 32.2. The summed E-state index contributed by atoms with van der Waals surface area (Å²) in [6.45, 7) is 1.99. The van der Waals surface area contributed by atoms with Gasteiger partial charge in [-0.05, 0) is 54.7 Å². The van der Waals surface area contributed by atoms with Crippen molar-refractivity contribution in [3.8, 4) is 5.75 Å². The average molecular weight is 442 g/mol. The summed E-state index contributed by atoms with van der Waals surface area (Å²) in [7, 11) is -1.90. The van der Waals surface area contributed by atoms with E-state index in [-0.39, 0.29) is 16.7 Å². The van der Waals surface area contributed by atoms with Crippen molar-refractivity contribution in [1.29, 1.82) is 0 Å². The number of hydrogen-bond acceptors (Lipinski definition) is 5. The van der Waals surface area contributed by atoms with Gasteiger partial charge in [0, 0.05) is 44.5 Å². The minimum atomic E-state index is -3.55. The zero-order valence-electron chi connectivity index (χ0n) is 17.6. The van der Waals surface area contributed by atoms with E-state index in [1.807, 2.05) is 29.2 Å². The van der Waals surface area contributed by atoms with Gasteiger partial charge in [0.25, 0.3) is 0 Å². The number of ether oxygens (including phenoxy) is 1. The molecule has 2 aliphatic rings. The molecule has 7 nitrogen and oxygen atoms in total. The number of benzene rings is 1. The maximum absolute atomic E-state index is 13.0. The Morgan fingerprint density at radius 1 is 1.10 bits per heavy atom. The van der Waals surface area contributed by atoms with E-state index in [0.29, 0.717) is 39.0 Å². The lowest BCUT2D eigenvalue weighted by Gasteiger charge is -2.34. The fraction of sp³-hybridized carbons (Fsp3) is 0.391. The van der Waals surface area contributed by atoms with E-state index in [1.54, 1.807) is 25.4 Å². The molecule has 31 heavy (non-hydrogen) atoms. The highest BCUT2D eigenvalue weighted by molar-refractivity contribution is 7.89. The first-order chi connectivity index (χ1) is 15.0. The molecule has 4 rings (SSSR count). The molecule has 1 amide bonds. The van der Waals surface area contributed by atoms with Gasteiger partial charge < -0.3 is 9.64 Å². The Morgan fingerprint density at radius 3 is 2.42 bits per heavy atom. The normalized spacial score (nSPS) is 18.5. The van der Waals surface area contributed by atoms with Crippen molar-refractivity contribution in [3.63, 3.8) is 0 Å². The van der Waals surface area contributed by atoms with Gasteiger partial charge in [0.2, 0.25) is 15.9 Å². The third-order valence-electron chi connectivity index (χ3n) is 6.06. The number of carbonyl (C=O) groups excluding carboxylic acids is 1. The van der Waals surface area contributed by atoms with Crippen molar-refractivity contribution < 1.29 is 17.9 Å². The largest absolute Gasteiger partial charge is 0.497 e. The Bertz CT molecular complexity index is 1040. The molecule has 1 aromatic heterocycles. The smallest absolute Gasteiger partial charge is 0.244 e. The van der Waals surface area contributed by atoms with Crippen molar-refractivity contribution >= 4 is 21.5 Å². The van der Waals surface area contributed by atoms with Crippen molar-refractivity contribution in [3.05, 3.63) is 60.4 Å². The van der Waals surface area contributed by atoms with E-state index in [1.165, 1.54) is 16.1 Å². The molecular weight excluding hydrogens is 414 g/mol. The lowest BCUT2D eigenvalue weighted by Crippen LogP contribution is -2.45. The molecule has 0 unspecified atom stereocenters. The minimum Gasteiger partial charge on any atom is -0.497 e. The SMILES string of the molecule is COc1ccc(C2=CCN(C(=O)C3CCN(S(=O)(=O)c4cccnc4)CC3)CC2)cc1. The molecule has 2 aromatic rings. The molecular formula is C23H27N3O4S. The number of amides is 1. The summed E-state index contributed by atoms with van der Waals surface area (Å²) in [5, 5.41) is 0. The summed E-state index contributed by atoms with van der Waals surface area (Å²) in [4.78, 5) is 19.0. The fourth-order valence-electron chi connectivity index (χ4n) is 4.19. The van der Waals surface area contributed by atoms with Gasteiger partial charge in [-0.1, -0.05) is 18.2 Å². The van der Waals surface area contributed by atoms with Crippen LogP contribution >= 0.6 is 0 Å². The molecule has 8 heteroatoms. The van der Waals surface area contributed by atoms with Gasteiger partial charge in [-0.3, -0.25) is 9.78 Å². The molecule has 2 aliphatic heterocycles. The second kappa shape index (κ2) is 9.20. The molecule has 164 valence electrons. The Hall–Kier alpha value is -2.71. The van der Waals surface area contributed by atoms with Gasteiger partial charge >= 0.3 is 0 Å². The van der Waals surface area contributed by atoms with E-state index >= 15 is 0 Å². The first-order valence-corrected chi connectivity index (χ1v) is 12.0. The van der Waals surface area contributed by atoms with Crippen molar-refractivity contribution in [2.45, 2.75) is 24.2 Å². The predicted molar refractivity (Wildman–Crippen MR) is 118 cm³/mol. The van der Waals surface area contributed by atoms with E-state index < -0.39 is 10.0 Å². The number of rotatable bonds is 5. The predicted octanol–water partition coefficient (Wildman–Crippen LogP) is 2.81. The summed E-state index contributed by atoms with van der Waals surface area (Å²) in [6.07, 6.45) is 6.94. The van der Waals surface area contributed by atoms with Gasteiger partial charge in [0.15, 0.2) is 0 Å². The Kier molecular flexibility index (Phi) is 6.38. The second-order valence-corrected chi connectivity index (χ2v) is 9.80. The van der Waals surface area contributed by atoms with Gasteiger partial charge in [-0.2, -0.15) is 4.31 Å². The number of carbonyl (C=O) groups is 1. The zero-order chi connectivity index (χ0) is 21.8. The molecule has 0 spiro atoms. The van der Waals surface area contributed by atoms with Crippen LogP contribution in [0.2, 0.25) is 0 Å². The van der Waals surface area contributed by atoms with E-state index in [2.05, 4.69) is 11.1 Å². The lowest BCUT2D eigenvalue weighted by atomic mass is 9.94. The summed E-state index contributed by atoms with van der Waals surface area (Å²) in [5.74, 6) is 0.827. The highest BCUT2D eigenvalue weighted by Crippen LogP contribution is 2.28. The second-order valence-electron chi connectivity index (χ2n) is 7.86. The van der Waals surface area contributed by atoms with Crippen LogP contribution in [-0.4, -0.2) is 61.8 Å². The van der Waals surface area contributed by atoms with Crippen molar-refractivity contribution in [2.75, 3.05) is 33.3 Å². The molecule has 0 bridgehead atoms. The maximum atomic E-state index is 13.0. The van der Waals surface area contributed by atoms with Crippen LogP contribution in [0.4, 0.5) is 0 Å². The van der Waals surface area contributed by atoms with Crippen LogP contribution in [0.25, 0.3) is 5.57 Å². The summed E-state index contributed by atoms with van der Waals surface area (Å²) >= 11 is 0. The quantitative estimate of drug-likeness (QED) is 0.713. The third kappa shape index (κ3) is 4.65. The zero-order valence-corrected chi connectivity index (χ0v) is 18.4. The molecule has 1 aromatic carbocycles. The standard InChI is InChI=1S/C23H27N3O4S/c1-30-21-6-4-18(5-7-21)19-8-13-25(14-9-19)23(27)20-10-15-26(16-11-20)31(28,29)22-3-2-12-24-17-22/h2-8,12,17,20H,9-11,13-16H2,1H3. The van der Waals surface area contributed by atoms with Gasteiger partial charge in [0.05, 0.1) is 7.11 Å². The Balaban J connectivity index is 1.33. The van der Waals surface area contributed by atoms with Crippen LogP contribution < -0.4 is 4.74 Å². The monoisotopic (exact) mass is 441 g/mol. The van der Waals surface area contributed by atoms with Crippen LogP contribution in [0.1, 0.15) is 24.8 Å². The Labute approximate surface area is 183 Å². The van der Waals surface area contributed by atoms with E-state index in [9.17, 15) is 13.2 Å². The molecule has 3 heterocycles. The first kappa shape index (κ1) is 21.5. The number of aromatic nitrogens is 1. The van der Waals surface area contributed by atoms with Crippen LogP contribution in [0.15, 0.2) is 59.8 Å². The van der Waals surface area contributed by atoms with Gasteiger partial charge in [0.1, 0.15) is 10.6 Å². The summed E-state index contributed by atoms with van der Waals surface area (Å²) in [5.41, 5.74) is 2.39. The maximum Gasteiger partial charge on any atom is 0.244 e. The number of piperidine rings is 1. The topological polar surface area (TPSA) is 79.8 Å². The van der Waals surface area contributed by atoms with Crippen LogP contribution in [-0.2, 0) is 14.8 Å². The average Bonchev–Trinajstić information content (AvgIpc) is 2.84. The number of sulfonamides is 1. The molecule has 0 saturated carbocycles. The molecule has 0 aliphatic carbocycles. The summed E-state index contributed by atoms with van der Waals surface area (Å²) in [6, 6.07) is 11.1.